The molecule has 1 aliphatic rings. The predicted molar refractivity (Wildman–Crippen MR) is 69.7 cm³/mol. The molecule has 0 aromatic carbocycles. The standard InChI is InChI=1S/C11H19N3S/c1-8-7-11(3,4)15-10(12-8)13-9(2)14(5)6/h7H,1-6H3/b13-9-. The van der Waals surface area contributed by atoms with Gasteiger partial charge < -0.3 is 4.90 Å². The monoisotopic (exact) mass is 225 g/mol. The minimum atomic E-state index is 0.0945. The molecule has 1 heterocycles. The lowest BCUT2D eigenvalue weighted by atomic mass is 10.2. The van der Waals surface area contributed by atoms with E-state index in [0.29, 0.717) is 0 Å². The number of hydrogen-bond donors (Lipinski definition) is 0. The third-order valence-corrected chi connectivity index (χ3v) is 3.10. The summed E-state index contributed by atoms with van der Waals surface area (Å²) in [5.74, 6) is 0.978. The molecule has 4 heteroatoms. The van der Waals surface area contributed by atoms with Gasteiger partial charge in [-0.3, -0.25) is 0 Å². The maximum atomic E-state index is 4.50. The second kappa shape index (κ2) is 4.39. The minimum absolute atomic E-state index is 0.0945. The summed E-state index contributed by atoms with van der Waals surface area (Å²) in [6.07, 6.45) is 2.17. The van der Waals surface area contributed by atoms with Crippen LogP contribution >= 0.6 is 11.8 Å². The van der Waals surface area contributed by atoms with Crippen LogP contribution in [0.1, 0.15) is 27.7 Å². The third kappa shape index (κ3) is 3.70. The first-order valence-electron chi connectivity index (χ1n) is 5.00. The molecule has 0 saturated carbocycles. The van der Waals surface area contributed by atoms with Crippen LogP contribution in [0.5, 0.6) is 0 Å². The summed E-state index contributed by atoms with van der Waals surface area (Å²) in [5.41, 5.74) is 1.05. The summed E-state index contributed by atoms with van der Waals surface area (Å²) in [4.78, 5) is 10.9. The van der Waals surface area contributed by atoms with E-state index in [1.165, 1.54) is 0 Å². The molecule has 0 unspecified atom stereocenters. The zero-order valence-corrected chi connectivity index (χ0v) is 11.1. The van der Waals surface area contributed by atoms with E-state index in [0.717, 1.165) is 16.7 Å². The highest BCUT2D eigenvalue weighted by atomic mass is 32.2. The van der Waals surface area contributed by atoms with Gasteiger partial charge in [-0.25, -0.2) is 9.98 Å². The molecule has 84 valence electrons. The normalized spacial score (nSPS) is 20.8. The van der Waals surface area contributed by atoms with Gasteiger partial charge in [0.15, 0.2) is 5.17 Å². The van der Waals surface area contributed by atoms with Crippen molar-refractivity contribution in [3.05, 3.63) is 11.8 Å². The quantitative estimate of drug-likeness (QED) is 0.468. The highest BCUT2D eigenvalue weighted by Crippen LogP contribution is 2.33. The molecule has 0 radical (unpaired) electrons. The number of hydrogen-bond acceptors (Lipinski definition) is 3. The largest absolute Gasteiger partial charge is 0.366 e. The van der Waals surface area contributed by atoms with Crippen LogP contribution in [-0.4, -0.2) is 34.7 Å². The second-order valence-electron chi connectivity index (χ2n) is 4.44. The van der Waals surface area contributed by atoms with Gasteiger partial charge in [0.25, 0.3) is 0 Å². The third-order valence-electron chi connectivity index (χ3n) is 2.09. The molecule has 0 saturated heterocycles. The summed E-state index contributed by atoms with van der Waals surface area (Å²) < 4.78 is 0.0945. The Morgan fingerprint density at radius 2 is 2.07 bits per heavy atom. The molecular formula is C11H19N3S. The van der Waals surface area contributed by atoms with E-state index in [1.54, 1.807) is 11.8 Å². The fourth-order valence-corrected chi connectivity index (χ4v) is 2.33. The molecule has 3 nitrogen and oxygen atoms in total. The van der Waals surface area contributed by atoms with E-state index in [4.69, 9.17) is 0 Å². The Hall–Kier alpha value is -0.770. The first kappa shape index (κ1) is 12.3. The number of allylic oxidation sites excluding steroid dienone is 1. The molecule has 0 fully saturated rings. The number of amidine groups is 2. The Kier molecular flexibility index (Phi) is 3.60. The topological polar surface area (TPSA) is 28.0 Å². The smallest absolute Gasteiger partial charge is 0.190 e. The van der Waals surface area contributed by atoms with E-state index >= 15 is 0 Å². The van der Waals surface area contributed by atoms with Crippen molar-refractivity contribution >= 4 is 22.8 Å². The molecule has 0 aromatic heterocycles. The first-order chi connectivity index (χ1) is 6.80. The van der Waals surface area contributed by atoms with Gasteiger partial charge >= 0.3 is 0 Å². The maximum absolute atomic E-state index is 4.50. The van der Waals surface area contributed by atoms with Crippen LogP contribution in [0.15, 0.2) is 21.8 Å². The average molecular weight is 225 g/mol. The summed E-state index contributed by atoms with van der Waals surface area (Å²) in [7, 11) is 3.97. The van der Waals surface area contributed by atoms with Gasteiger partial charge in [0.1, 0.15) is 5.84 Å². The lowest BCUT2D eigenvalue weighted by molar-refractivity contribution is 0.620. The zero-order chi connectivity index (χ0) is 11.6. The van der Waals surface area contributed by atoms with Gasteiger partial charge in [-0.05, 0) is 33.8 Å². The molecule has 0 spiro atoms. The van der Waals surface area contributed by atoms with Gasteiger partial charge in [-0.15, -0.1) is 0 Å². The Morgan fingerprint density at radius 3 is 2.53 bits per heavy atom. The molecule has 0 aliphatic carbocycles. The van der Waals surface area contributed by atoms with E-state index in [-0.39, 0.29) is 4.75 Å². The van der Waals surface area contributed by atoms with Crippen molar-refractivity contribution in [3.63, 3.8) is 0 Å². The van der Waals surface area contributed by atoms with E-state index in [9.17, 15) is 0 Å². The van der Waals surface area contributed by atoms with E-state index < -0.39 is 0 Å². The van der Waals surface area contributed by atoms with Crippen molar-refractivity contribution in [2.24, 2.45) is 9.98 Å². The van der Waals surface area contributed by atoms with Crippen molar-refractivity contribution in [1.29, 1.82) is 0 Å². The van der Waals surface area contributed by atoms with Crippen LogP contribution in [0, 0.1) is 0 Å². The summed E-state index contributed by atoms with van der Waals surface area (Å²) in [6.45, 7) is 8.36. The van der Waals surface area contributed by atoms with Crippen LogP contribution in [0.2, 0.25) is 0 Å². The van der Waals surface area contributed by atoms with Crippen LogP contribution in [0.25, 0.3) is 0 Å². The van der Waals surface area contributed by atoms with Gasteiger partial charge in [0.05, 0.1) is 0 Å². The zero-order valence-electron chi connectivity index (χ0n) is 10.3. The molecule has 0 amide bonds. The molecule has 1 rings (SSSR count). The number of rotatable bonds is 0. The number of aliphatic imine (C=N–C) groups is 2. The summed E-state index contributed by atoms with van der Waals surface area (Å²) >= 11 is 1.70. The molecule has 0 bridgehead atoms. The highest BCUT2D eigenvalue weighted by molar-refractivity contribution is 8.15. The Balaban J connectivity index is 2.90. The van der Waals surface area contributed by atoms with Gasteiger partial charge in [0.2, 0.25) is 0 Å². The van der Waals surface area contributed by atoms with Crippen LogP contribution in [0.3, 0.4) is 0 Å². The van der Waals surface area contributed by atoms with Gasteiger partial charge in [0, 0.05) is 24.5 Å². The molecule has 0 atom stereocenters. The van der Waals surface area contributed by atoms with Crippen molar-refractivity contribution in [2.75, 3.05) is 14.1 Å². The number of nitrogens with zero attached hydrogens (tertiary/aromatic N) is 3. The van der Waals surface area contributed by atoms with Crippen molar-refractivity contribution in [1.82, 2.24) is 4.90 Å². The van der Waals surface area contributed by atoms with E-state index in [1.807, 2.05) is 32.8 Å². The lowest BCUT2D eigenvalue weighted by Gasteiger charge is -2.24. The van der Waals surface area contributed by atoms with Gasteiger partial charge in [-0.2, -0.15) is 0 Å². The Bertz CT molecular complexity index is 338. The van der Waals surface area contributed by atoms with Crippen molar-refractivity contribution in [2.45, 2.75) is 32.4 Å². The molecule has 0 N–H and O–H groups in total. The Morgan fingerprint density at radius 1 is 1.47 bits per heavy atom. The number of thioether (sulfide) groups is 1. The fraction of sp³-hybridized carbons (Fsp3) is 0.636. The minimum Gasteiger partial charge on any atom is -0.366 e. The average Bonchev–Trinajstić information content (AvgIpc) is 1.99. The molecular weight excluding hydrogens is 206 g/mol. The summed E-state index contributed by atoms with van der Waals surface area (Å²) in [5, 5.41) is 0.853. The predicted octanol–water partition coefficient (Wildman–Crippen LogP) is 2.75. The SMILES string of the molecule is CC1=CC(C)(C)SC(/N=C(/C)N(C)C)=N1. The highest BCUT2D eigenvalue weighted by Gasteiger charge is 2.23. The van der Waals surface area contributed by atoms with Crippen LogP contribution in [0.4, 0.5) is 0 Å². The van der Waals surface area contributed by atoms with Crippen LogP contribution in [-0.2, 0) is 0 Å². The first-order valence-corrected chi connectivity index (χ1v) is 5.81. The summed E-state index contributed by atoms with van der Waals surface area (Å²) in [6, 6.07) is 0. The molecule has 1 aliphatic heterocycles. The second-order valence-corrected chi connectivity index (χ2v) is 6.06. The fourth-order valence-electron chi connectivity index (χ4n) is 1.26. The van der Waals surface area contributed by atoms with Crippen molar-refractivity contribution in [3.8, 4) is 0 Å². The molecule has 0 aromatic rings. The van der Waals surface area contributed by atoms with Crippen LogP contribution < -0.4 is 0 Å². The van der Waals surface area contributed by atoms with Crippen molar-refractivity contribution < 1.29 is 0 Å². The lowest BCUT2D eigenvalue weighted by Crippen LogP contribution is -2.22. The van der Waals surface area contributed by atoms with Gasteiger partial charge in [-0.1, -0.05) is 11.8 Å². The maximum Gasteiger partial charge on any atom is 0.190 e. The molecule has 15 heavy (non-hydrogen) atoms. The Labute approximate surface area is 96.4 Å². The van der Waals surface area contributed by atoms with E-state index in [2.05, 4.69) is 29.9 Å².